The van der Waals surface area contributed by atoms with Crippen molar-refractivity contribution in [1.82, 2.24) is 0 Å². The van der Waals surface area contributed by atoms with Gasteiger partial charge in [-0.3, -0.25) is 4.79 Å². The number of alkyl halides is 1. The number of Topliss-reactive ketones (excluding diaryl/α,β-unsaturated/α-hetero) is 1. The van der Waals surface area contributed by atoms with E-state index in [1.165, 1.54) is 0 Å². The molecule has 0 saturated heterocycles. The molecular formula is C11H11FO2. The molecule has 1 aromatic rings. The third kappa shape index (κ3) is 1.29. The highest BCUT2D eigenvalue weighted by Gasteiger charge is 2.28. The second-order valence-electron chi connectivity index (χ2n) is 3.36. The maximum absolute atomic E-state index is 13.1. The average Bonchev–Trinajstić information content (AvgIpc) is 2.23. The van der Waals surface area contributed by atoms with Gasteiger partial charge in [0.25, 0.3) is 0 Å². The molecule has 0 aliphatic heterocycles. The van der Waals surface area contributed by atoms with E-state index in [0.717, 1.165) is 5.56 Å². The lowest BCUT2D eigenvalue weighted by Gasteiger charge is -2.19. The molecule has 74 valence electrons. The Bertz CT molecular complexity index is 374. The van der Waals surface area contributed by atoms with Gasteiger partial charge in [-0.25, -0.2) is 4.39 Å². The van der Waals surface area contributed by atoms with E-state index in [0.29, 0.717) is 17.7 Å². The Hall–Kier alpha value is -1.38. The molecule has 0 bridgehead atoms. The predicted molar refractivity (Wildman–Crippen MR) is 50.5 cm³/mol. The van der Waals surface area contributed by atoms with Crippen LogP contribution in [0.4, 0.5) is 4.39 Å². The number of hydrogen-bond acceptors (Lipinski definition) is 2. The molecule has 0 heterocycles. The van der Waals surface area contributed by atoms with Gasteiger partial charge in [-0.15, -0.1) is 0 Å². The molecule has 0 spiro atoms. The van der Waals surface area contributed by atoms with Gasteiger partial charge in [0.1, 0.15) is 5.75 Å². The molecule has 2 rings (SSSR count). The molecule has 0 saturated carbocycles. The van der Waals surface area contributed by atoms with Crippen molar-refractivity contribution in [2.75, 3.05) is 7.11 Å². The topological polar surface area (TPSA) is 26.3 Å². The number of carbonyl (C=O) groups is 1. The molecule has 1 atom stereocenters. The SMILES string of the molecule is COc1cccc2c1CC[C@@H](F)C2=O. The van der Waals surface area contributed by atoms with Crippen molar-refractivity contribution in [3.8, 4) is 5.75 Å². The first-order chi connectivity index (χ1) is 6.74. The maximum atomic E-state index is 13.1. The van der Waals surface area contributed by atoms with E-state index in [4.69, 9.17) is 4.74 Å². The molecular weight excluding hydrogens is 183 g/mol. The Morgan fingerprint density at radius 2 is 2.29 bits per heavy atom. The lowest BCUT2D eigenvalue weighted by Crippen LogP contribution is -2.23. The minimum Gasteiger partial charge on any atom is -0.496 e. The third-order valence-corrected chi connectivity index (χ3v) is 2.55. The van der Waals surface area contributed by atoms with E-state index in [9.17, 15) is 9.18 Å². The summed E-state index contributed by atoms with van der Waals surface area (Å²) >= 11 is 0. The summed E-state index contributed by atoms with van der Waals surface area (Å²) in [4.78, 5) is 11.5. The number of benzene rings is 1. The van der Waals surface area contributed by atoms with Crippen molar-refractivity contribution in [2.24, 2.45) is 0 Å². The number of ether oxygens (including phenoxy) is 1. The number of carbonyl (C=O) groups excluding carboxylic acids is 1. The molecule has 3 heteroatoms. The van der Waals surface area contributed by atoms with E-state index < -0.39 is 12.0 Å². The van der Waals surface area contributed by atoms with Gasteiger partial charge >= 0.3 is 0 Å². The Morgan fingerprint density at radius 1 is 1.50 bits per heavy atom. The summed E-state index contributed by atoms with van der Waals surface area (Å²) < 4.78 is 18.2. The fraction of sp³-hybridized carbons (Fsp3) is 0.364. The van der Waals surface area contributed by atoms with Gasteiger partial charge < -0.3 is 4.74 Å². The van der Waals surface area contributed by atoms with Gasteiger partial charge in [0, 0.05) is 11.1 Å². The second-order valence-corrected chi connectivity index (χ2v) is 3.36. The smallest absolute Gasteiger partial charge is 0.197 e. The zero-order chi connectivity index (χ0) is 10.1. The summed E-state index contributed by atoms with van der Waals surface area (Å²) in [6, 6.07) is 5.17. The molecule has 0 N–H and O–H groups in total. The zero-order valence-electron chi connectivity index (χ0n) is 7.92. The van der Waals surface area contributed by atoms with E-state index in [1.54, 1.807) is 25.3 Å². The molecule has 0 radical (unpaired) electrons. The summed E-state index contributed by atoms with van der Waals surface area (Å²) in [7, 11) is 1.56. The largest absolute Gasteiger partial charge is 0.496 e. The van der Waals surface area contributed by atoms with Crippen molar-refractivity contribution in [2.45, 2.75) is 19.0 Å². The summed E-state index contributed by atoms with van der Waals surface area (Å²) in [5.74, 6) is 0.271. The van der Waals surface area contributed by atoms with E-state index in [-0.39, 0.29) is 6.42 Å². The Kier molecular flexibility index (Phi) is 2.23. The molecule has 0 aromatic heterocycles. The number of hydrogen-bond donors (Lipinski definition) is 0. The van der Waals surface area contributed by atoms with Crippen LogP contribution in [0.15, 0.2) is 18.2 Å². The number of methoxy groups -OCH3 is 1. The molecule has 1 aromatic carbocycles. The van der Waals surface area contributed by atoms with Gasteiger partial charge in [0.15, 0.2) is 12.0 Å². The molecule has 1 aliphatic carbocycles. The van der Waals surface area contributed by atoms with Gasteiger partial charge in [-0.2, -0.15) is 0 Å². The summed E-state index contributed by atoms with van der Waals surface area (Å²) in [5, 5.41) is 0. The Labute approximate surface area is 81.7 Å². The number of fused-ring (bicyclic) bond motifs is 1. The monoisotopic (exact) mass is 194 g/mol. The van der Waals surface area contributed by atoms with Crippen LogP contribution in [0.3, 0.4) is 0 Å². The van der Waals surface area contributed by atoms with Crippen LogP contribution in [0.5, 0.6) is 5.75 Å². The first-order valence-electron chi connectivity index (χ1n) is 4.58. The number of rotatable bonds is 1. The van der Waals surface area contributed by atoms with Crippen LogP contribution in [-0.4, -0.2) is 19.1 Å². The Balaban J connectivity index is 2.52. The van der Waals surface area contributed by atoms with Crippen LogP contribution in [0.1, 0.15) is 22.3 Å². The lowest BCUT2D eigenvalue weighted by molar-refractivity contribution is 0.0855. The zero-order valence-corrected chi connectivity index (χ0v) is 7.92. The highest BCUT2D eigenvalue weighted by molar-refractivity contribution is 6.02. The lowest BCUT2D eigenvalue weighted by atomic mass is 9.89. The first-order valence-corrected chi connectivity index (χ1v) is 4.58. The van der Waals surface area contributed by atoms with Crippen molar-refractivity contribution in [3.63, 3.8) is 0 Å². The predicted octanol–water partition coefficient (Wildman–Crippen LogP) is 2.16. The summed E-state index contributed by atoms with van der Waals surface area (Å²) in [6.45, 7) is 0. The van der Waals surface area contributed by atoms with Crippen LogP contribution in [0, 0.1) is 0 Å². The summed E-state index contributed by atoms with van der Waals surface area (Å²) in [5.41, 5.74) is 1.32. The van der Waals surface area contributed by atoms with Gasteiger partial charge in [-0.05, 0) is 18.9 Å². The van der Waals surface area contributed by atoms with Gasteiger partial charge in [0.05, 0.1) is 7.11 Å². The maximum Gasteiger partial charge on any atom is 0.197 e. The van der Waals surface area contributed by atoms with Crippen molar-refractivity contribution >= 4 is 5.78 Å². The van der Waals surface area contributed by atoms with E-state index >= 15 is 0 Å². The Morgan fingerprint density at radius 3 is 3.00 bits per heavy atom. The molecule has 1 aliphatic rings. The second kappa shape index (κ2) is 3.40. The summed E-state index contributed by atoms with van der Waals surface area (Å²) in [6.07, 6.45) is -0.493. The quantitative estimate of drug-likeness (QED) is 0.684. The number of ketones is 1. The molecule has 0 unspecified atom stereocenters. The van der Waals surface area contributed by atoms with Crippen LogP contribution in [-0.2, 0) is 6.42 Å². The van der Waals surface area contributed by atoms with Crippen molar-refractivity contribution < 1.29 is 13.9 Å². The first kappa shape index (κ1) is 9.19. The molecule has 0 fully saturated rings. The minimum absolute atomic E-state index is 0.270. The van der Waals surface area contributed by atoms with Crippen molar-refractivity contribution in [1.29, 1.82) is 0 Å². The normalized spacial score (nSPS) is 20.4. The molecule has 14 heavy (non-hydrogen) atoms. The average molecular weight is 194 g/mol. The van der Waals surface area contributed by atoms with Crippen molar-refractivity contribution in [3.05, 3.63) is 29.3 Å². The highest BCUT2D eigenvalue weighted by Crippen LogP contribution is 2.30. The molecule has 2 nitrogen and oxygen atoms in total. The fourth-order valence-corrected chi connectivity index (χ4v) is 1.82. The van der Waals surface area contributed by atoms with Crippen LogP contribution < -0.4 is 4.74 Å². The van der Waals surface area contributed by atoms with E-state index in [1.807, 2.05) is 0 Å². The highest BCUT2D eigenvalue weighted by atomic mass is 19.1. The fourth-order valence-electron chi connectivity index (χ4n) is 1.82. The third-order valence-electron chi connectivity index (χ3n) is 2.55. The van der Waals surface area contributed by atoms with Crippen LogP contribution in [0.25, 0.3) is 0 Å². The van der Waals surface area contributed by atoms with Gasteiger partial charge in [-0.1, -0.05) is 12.1 Å². The van der Waals surface area contributed by atoms with Crippen LogP contribution in [0.2, 0.25) is 0 Å². The van der Waals surface area contributed by atoms with E-state index in [2.05, 4.69) is 0 Å². The molecule has 0 amide bonds. The minimum atomic E-state index is -1.34. The van der Waals surface area contributed by atoms with Crippen LogP contribution >= 0.6 is 0 Å². The number of halogens is 1. The standard InChI is InChI=1S/C11H11FO2/c1-14-10-4-2-3-8-7(10)5-6-9(12)11(8)13/h2-4,9H,5-6H2,1H3/t9-/m1/s1. The van der Waals surface area contributed by atoms with Gasteiger partial charge in [0.2, 0.25) is 0 Å².